The molecule has 132 valence electrons. The number of oxazole rings is 1. The Morgan fingerprint density at radius 3 is 2.64 bits per heavy atom. The fourth-order valence-corrected chi connectivity index (χ4v) is 5.33. The van der Waals surface area contributed by atoms with Gasteiger partial charge >= 0.3 is 5.76 Å². The van der Waals surface area contributed by atoms with Crippen LogP contribution in [0.5, 0.6) is 0 Å². The monoisotopic (exact) mass is 445 g/mol. The Morgan fingerprint density at radius 2 is 1.96 bits per heavy atom. The SMILES string of the molecule is CN(C)c1ccccc1NS(=O)(=O)c1c(Br)cc2[nH]c(=O)oc2c1Cl. The quantitative estimate of drug-likeness (QED) is 0.640. The first-order chi connectivity index (χ1) is 11.7. The van der Waals surface area contributed by atoms with Crippen molar-refractivity contribution >= 4 is 60.0 Å². The Bertz CT molecular complexity index is 1120. The molecule has 0 fully saturated rings. The molecule has 0 atom stereocenters. The van der Waals surface area contributed by atoms with Crippen molar-refractivity contribution < 1.29 is 12.8 Å². The van der Waals surface area contributed by atoms with Gasteiger partial charge in [0.25, 0.3) is 10.0 Å². The molecule has 1 heterocycles. The van der Waals surface area contributed by atoms with E-state index < -0.39 is 15.8 Å². The minimum absolute atomic E-state index is 0.0175. The molecule has 0 saturated heterocycles. The molecule has 3 rings (SSSR count). The highest BCUT2D eigenvalue weighted by Gasteiger charge is 2.26. The van der Waals surface area contributed by atoms with Crippen molar-refractivity contribution in [3.63, 3.8) is 0 Å². The Kier molecular flexibility index (Phi) is 4.56. The highest BCUT2D eigenvalue weighted by atomic mass is 79.9. The average molecular weight is 447 g/mol. The summed E-state index contributed by atoms with van der Waals surface area (Å²) in [7, 11) is -0.440. The molecule has 1 aromatic heterocycles. The number of aromatic amines is 1. The van der Waals surface area contributed by atoms with Crippen molar-refractivity contribution in [2.75, 3.05) is 23.7 Å². The van der Waals surface area contributed by atoms with Gasteiger partial charge in [-0.3, -0.25) is 9.71 Å². The lowest BCUT2D eigenvalue weighted by atomic mass is 10.2. The zero-order valence-electron chi connectivity index (χ0n) is 13.1. The van der Waals surface area contributed by atoms with Crippen molar-refractivity contribution in [1.29, 1.82) is 0 Å². The molecule has 0 aliphatic rings. The number of benzene rings is 2. The number of rotatable bonds is 4. The van der Waals surface area contributed by atoms with Crippen molar-refractivity contribution in [1.82, 2.24) is 4.98 Å². The molecular weight excluding hydrogens is 434 g/mol. The first-order valence-electron chi connectivity index (χ1n) is 7.00. The van der Waals surface area contributed by atoms with Gasteiger partial charge < -0.3 is 9.32 Å². The molecule has 0 saturated carbocycles. The van der Waals surface area contributed by atoms with E-state index in [0.29, 0.717) is 16.9 Å². The van der Waals surface area contributed by atoms with Crippen molar-refractivity contribution in [3.05, 3.63) is 50.4 Å². The molecule has 0 radical (unpaired) electrons. The Labute approximate surface area is 156 Å². The zero-order valence-corrected chi connectivity index (χ0v) is 16.3. The largest absolute Gasteiger partial charge is 0.417 e. The molecule has 25 heavy (non-hydrogen) atoms. The number of nitrogens with one attached hydrogen (secondary N) is 2. The number of aromatic nitrogens is 1. The number of hydrogen-bond acceptors (Lipinski definition) is 5. The van der Waals surface area contributed by atoms with Gasteiger partial charge in [-0.05, 0) is 34.1 Å². The van der Waals surface area contributed by atoms with Gasteiger partial charge in [-0.2, -0.15) is 0 Å². The molecule has 2 N–H and O–H groups in total. The summed E-state index contributed by atoms with van der Waals surface area (Å²) >= 11 is 9.40. The van der Waals surface area contributed by atoms with Crippen LogP contribution < -0.4 is 15.4 Å². The van der Waals surface area contributed by atoms with Gasteiger partial charge in [0.2, 0.25) is 0 Å². The normalized spacial score (nSPS) is 11.7. The molecule has 3 aromatic rings. The molecule has 10 heteroatoms. The second kappa shape index (κ2) is 6.40. The van der Waals surface area contributed by atoms with Crippen molar-refractivity contribution in [3.8, 4) is 0 Å². The minimum atomic E-state index is -4.04. The number of hydrogen-bond donors (Lipinski definition) is 2. The maximum Gasteiger partial charge on any atom is 0.417 e. The average Bonchev–Trinajstić information content (AvgIpc) is 2.87. The fourth-order valence-electron chi connectivity index (χ4n) is 2.40. The first kappa shape index (κ1) is 17.8. The standard InChI is InChI=1S/C15H13BrClN3O4S/c1-20(2)11-6-4-3-5-9(11)19-25(22,23)14-8(16)7-10-13(12(14)17)24-15(21)18-10/h3-7,19H,1-2H3,(H,18,21). The molecule has 0 aliphatic heterocycles. The summed E-state index contributed by atoms with van der Waals surface area (Å²) in [5, 5.41) is -0.183. The van der Waals surface area contributed by atoms with E-state index >= 15 is 0 Å². The Balaban J connectivity index is 2.16. The van der Waals surface area contributed by atoms with E-state index in [1.165, 1.54) is 6.07 Å². The third kappa shape index (κ3) is 3.26. The van der Waals surface area contributed by atoms with Gasteiger partial charge in [0.1, 0.15) is 9.92 Å². The summed E-state index contributed by atoms with van der Waals surface area (Å²) in [6.07, 6.45) is 0. The highest BCUT2D eigenvalue weighted by molar-refractivity contribution is 9.10. The van der Waals surface area contributed by atoms with E-state index in [4.69, 9.17) is 16.0 Å². The third-order valence-electron chi connectivity index (χ3n) is 3.46. The van der Waals surface area contributed by atoms with E-state index in [1.807, 2.05) is 0 Å². The molecule has 0 aliphatic carbocycles. The van der Waals surface area contributed by atoms with E-state index in [2.05, 4.69) is 25.6 Å². The fraction of sp³-hybridized carbons (Fsp3) is 0.133. The van der Waals surface area contributed by atoms with Crippen molar-refractivity contribution in [2.24, 2.45) is 0 Å². The van der Waals surface area contributed by atoms with Crippen LogP contribution in [0.1, 0.15) is 0 Å². The van der Waals surface area contributed by atoms with E-state index in [9.17, 15) is 13.2 Å². The number of sulfonamides is 1. The second-order valence-corrected chi connectivity index (χ2v) is 8.26. The van der Waals surface area contributed by atoms with Crippen LogP contribution >= 0.6 is 27.5 Å². The van der Waals surface area contributed by atoms with Crippen molar-refractivity contribution in [2.45, 2.75) is 4.90 Å². The van der Waals surface area contributed by atoms with Crippen LogP contribution in [0.15, 0.2) is 48.9 Å². The molecular formula is C15H13BrClN3O4S. The summed E-state index contributed by atoms with van der Waals surface area (Å²) in [5.74, 6) is -0.718. The van der Waals surface area contributed by atoms with E-state index in [1.54, 1.807) is 43.3 Å². The zero-order chi connectivity index (χ0) is 18.4. The summed E-state index contributed by atoms with van der Waals surface area (Å²) in [4.78, 5) is 15.4. The first-order valence-corrected chi connectivity index (χ1v) is 9.66. The van der Waals surface area contributed by atoms with Crippen LogP contribution in [-0.4, -0.2) is 27.5 Å². The van der Waals surface area contributed by atoms with Gasteiger partial charge in [-0.25, -0.2) is 13.2 Å². The number of fused-ring (bicyclic) bond motifs is 1. The third-order valence-corrected chi connectivity index (χ3v) is 6.27. The number of para-hydroxylation sites is 2. The van der Waals surface area contributed by atoms with Crippen LogP contribution in [0.4, 0.5) is 11.4 Å². The predicted octanol–water partition coefficient (Wildman–Crippen LogP) is 3.40. The number of H-pyrrole nitrogens is 1. The summed E-state index contributed by atoms with van der Waals surface area (Å²) < 4.78 is 33.5. The minimum Gasteiger partial charge on any atom is -0.406 e. The van der Waals surface area contributed by atoms with Crippen LogP contribution in [0.3, 0.4) is 0 Å². The lowest BCUT2D eigenvalue weighted by Crippen LogP contribution is -2.18. The lowest BCUT2D eigenvalue weighted by Gasteiger charge is -2.19. The predicted molar refractivity (Wildman–Crippen MR) is 101 cm³/mol. The van der Waals surface area contributed by atoms with Crippen LogP contribution in [0, 0.1) is 0 Å². The molecule has 0 unspecified atom stereocenters. The second-order valence-electron chi connectivity index (χ2n) is 5.41. The molecule has 0 amide bonds. The Hall–Kier alpha value is -1.97. The van der Waals surface area contributed by atoms with E-state index in [-0.39, 0.29) is 20.0 Å². The van der Waals surface area contributed by atoms with Crippen LogP contribution in [0.25, 0.3) is 11.1 Å². The molecule has 7 nitrogen and oxygen atoms in total. The Morgan fingerprint density at radius 1 is 1.28 bits per heavy atom. The summed E-state index contributed by atoms with van der Waals surface area (Å²) in [6.45, 7) is 0. The lowest BCUT2D eigenvalue weighted by molar-refractivity contribution is 0.554. The summed E-state index contributed by atoms with van der Waals surface area (Å²) in [5.41, 5.74) is 1.37. The van der Waals surface area contributed by atoms with Crippen LogP contribution in [0.2, 0.25) is 5.02 Å². The highest BCUT2D eigenvalue weighted by Crippen LogP contribution is 2.37. The smallest absolute Gasteiger partial charge is 0.406 e. The van der Waals surface area contributed by atoms with E-state index in [0.717, 1.165) is 0 Å². The number of nitrogens with zero attached hydrogens (tertiary/aromatic N) is 1. The summed E-state index contributed by atoms with van der Waals surface area (Å²) in [6, 6.07) is 8.37. The molecule has 0 spiro atoms. The number of halogens is 2. The van der Waals surface area contributed by atoms with Gasteiger partial charge in [0, 0.05) is 18.6 Å². The maximum absolute atomic E-state index is 12.9. The van der Waals surface area contributed by atoms with Gasteiger partial charge in [0.15, 0.2) is 5.58 Å². The maximum atomic E-state index is 12.9. The van der Waals surface area contributed by atoms with Gasteiger partial charge in [-0.15, -0.1) is 0 Å². The molecule has 0 bridgehead atoms. The molecule has 2 aromatic carbocycles. The number of anilines is 2. The van der Waals surface area contributed by atoms with Crippen LogP contribution in [-0.2, 0) is 10.0 Å². The topological polar surface area (TPSA) is 95.4 Å². The van der Waals surface area contributed by atoms with Gasteiger partial charge in [0.05, 0.1) is 16.9 Å². The van der Waals surface area contributed by atoms with Gasteiger partial charge in [-0.1, -0.05) is 23.7 Å².